The summed E-state index contributed by atoms with van der Waals surface area (Å²) in [6, 6.07) is 6.64. The van der Waals surface area contributed by atoms with Crippen LogP contribution in [0.5, 0.6) is 0 Å². The number of sulfone groups is 1. The maximum absolute atomic E-state index is 12.5. The zero-order valence-electron chi connectivity index (χ0n) is 11.5. The number of urea groups is 1. The summed E-state index contributed by atoms with van der Waals surface area (Å²) < 4.78 is 23.3. The second-order valence-corrected chi connectivity index (χ2v) is 8.30. The van der Waals surface area contributed by atoms with Gasteiger partial charge in [0.05, 0.1) is 11.5 Å². The number of halogens is 1. The molecule has 2 fully saturated rings. The van der Waals surface area contributed by atoms with Gasteiger partial charge in [-0.25, -0.2) is 13.2 Å². The first kappa shape index (κ1) is 14.7. The molecule has 2 amide bonds. The second kappa shape index (κ2) is 5.50. The van der Waals surface area contributed by atoms with Gasteiger partial charge < -0.3 is 10.2 Å². The number of anilines is 1. The summed E-state index contributed by atoms with van der Waals surface area (Å²) in [6.07, 6.45) is 2.43. The number of rotatable bonds is 3. The van der Waals surface area contributed by atoms with Crippen LogP contribution in [0.2, 0.25) is 5.02 Å². The van der Waals surface area contributed by atoms with Crippen molar-refractivity contribution in [1.29, 1.82) is 0 Å². The first-order valence-electron chi connectivity index (χ1n) is 7.00. The zero-order valence-corrected chi connectivity index (χ0v) is 13.0. The molecule has 0 spiro atoms. The highest BCUT2D eigenvalue weighted by molar-refractivity contribution is 7.91. The van der Waals surface area contributed by atoms with Crippen molar-refractivity contribution < 1.29 is 13.2 Å². The third kappa shape index (κ3) is 3.49. The van der Waals surface area contributed by atoms with E-state index < -0.39 is 9.84 Å². The van der Waals surface area contributed by atoms with Gasteiger partial charge in [0.1, 0.15) is 0 Å². The molecule has 2 aliphatic rings. The number of nitrogens with zero attached hydrogens (tertiary/aromatic N) is 1. The molecule has 1 saturated heterocycles. The van der Waals surface area contributed by atoms with Crippen molar-refractivity contribution in [3.8, 4) is 0 Å². The van der Waals surface area contributed by atoms with Gasteiger partial charge in [-0.3, -0.25) is 0 Å². The average Bonchev–Trinajstić information content (AvgIpc) is 3.17. The summed E-state index contributed by atoms with van der Waals surface area (Å²) in [5, 5.41) is 3.43. The normalized spacial score (nSPS) is 23.8. The first-order chi connectivity index (χ1) is 9.94. The third-order valence-electron chi connectivity index (χ3n) is 3.87. The molecule has 114 valence electrons. The van der Waals surface area contributed by atoms with E-state index in [1.54, 1.807) is 29.2 Å². The van der Waals surface area contributed by atoms with E-state index in [9.17, 15) is 13.2 Å². The van der Waals surface area contributed by atoms with E-state index in [0.717, 1.165) is 12.8 Å². The minimum Gasteiger partial charge on any atom is -0.318 e. The Morgan fingerprint density at radius 2 is 1.81 bits per heavy atom. The summed E-state index contributed by atoms with van der Waals surface area (Å²) in [5.74, 6) is 0.257. The average molecular weight is 329 g/mol. The molecule has 1 N–H and O–H groups in total. The highest BCUT2D eigenvalue weighted by atomic mass is 35.5. The zero-order chi connectivity index (χ0) is 15.0. The molecule has 1 unspecified atom stereocenters. The van der Waals surface area contributed by atoms with Gasteiger partial charge in [0.15, 0.2) is 9.84 Å². The predicted octanol–water partition coefficient (Wildman–Crippen LogP) is 2.52. The van der Waals surface area contributed by atoms with E-state index >= 15 is 0 Å². The summed E-state index contributed by atoms with van der Waals surface area (Å²) >= 11 is 5.82. The maximum Gasteiger partial charge on any atom is 0.322 e. The highest BCUT2D eigenvalue weighted by Gasteiger charge is 2.42. The van der Waals surface area contributed by atoms with Crippen molar-refractivity contribution in [2.24, 2.45) is 0 Å². The van der Waals surface area contributed by atoms with Crippen LogP contribution in [0.1, 0.15) is 19.3 Å². The number of carbonyl (C=O) groups is 1. The van der Waals surface area contributed by atoms with Crippen LogP contribution in [0.25, 0.3) is 0 Å². The molecule has 1 saturated carbocycles. The molecule has 3 rings (SSSR count). The van der Waals surface area contributed by atoms with E-state index in [2.05, 4.69) is 5.32 Å². The Balaban J connectivity index is 1.72. The Morgan fingerprint density at radius 1 is 1.14 bits per heavy atom. The third-order valence-corrected chi connectivity index (χ3v) is 5.87. The highest BCUT2D eigenvalue weighted by Crippen LogP contribution is 2.32. The van der Waals surface area contributed by atoms with Crippen molar-refractivity contribution in [2.75, 3.05) is 16.8 Å². The minimum absolute atomic E-state index is 0.0809. The van der Waals surface area contributed by atoms with Gasteiger partial charge in [0.2, 0.25) is 0 Å². The van der Waals surface area contributed by atoms with Crippen molar-refractivity contribution in [1.82, 2.24) is 4.90 Å². The van der Waals surface area contributed by atoms with Crippen molar-refractivity contribution in [3.05, 3.63) is 29.3 Å². The molecule has 0 aromatic heterocycles. The standard InChI is InChI=1S/C14H17ClN2O3S/c15-10-1-3-11(4-2-10)16-14(18)17(12-5-6-12)13-7-8-21(19,20)9-13/h1-4,12-13H,5-9H2,(H,16,18). The van der Waals surface area contributed by atoms with Crippen molar-refractivity contribution in [2.45, 2.75) is 31.3 Å². The van der Waals surface area contributed by atoms with E-state index in [1.165, 1.54) is 0 Å². The lowest BCUT2D eigenvalue weighted by Crippen LogP contribution is -2.45. The van der Waals surface area contributed by atoms with Crippen LogP contribution in [0, 0.1) is 0 Å². The first-order valence-corrected chi connectivity index (χ1v) is 9.20. The number of amides is 2. The number of hydrogen-bond donors (Lipinski definition) is 1. The predicted molar refractivity (Wildman–Crippen MR) is 82.4 cm³/mol. The minimum atomic E-state index is -3.00. The maximum atomic E-state index is 12.5. The molecule has 1 atom stereocenters. The SMILES string of the molecule is O=C(Nc1ccc(Cl)cc1)N(C1CC1)C1CCS(=O)(=O)C1. The van der Waals surface area contributed by atoms with Crippen molar-refractivity contribution in [3.63, 3.8) is 0 Å². The number of carbonyl (C=O) groups excluding carboxylic acids is 1. The van der Waals surface area contributed by atoms with Crippen LogP contribution in [-0.2, 0) is 9.84 Å². The van der Waals surface area contributed by atoms with E-state index in [0.29, 0.717) is 17.1 Å². The van der Waals surface area contributed by atoms with E-state index in [4.69, 9.17) is 11.6 Å². The van der Waals surface area contributed by atoms with Gasteiger partial charge in [-0.2, -0.15) is 0 Å². The Morgan fingerprint density at radius 3 is 2.33 bits per heavy atom. The van der Waals surface area contributed by atoms with E-state index in [1.807, 2.05) is 0 Å². The monoisotopic (exact) mass is 328 g/mol. The molecule has 1 aliphatic heterocycles. The Labute approximate surface area is 129 Å². The quantitative estimate of drug-likeness (QED) is 0.927. The summed E-state index contributed by atoms with van der Waals surface area (Å²) in [6.45, 7) is 0. The van der Waals surface area contributed by atoms with Crippen LogP contribution >= 0.6 is 11.6 Å². The number of benzene rings is 1. The van der Waals surface area contributed by atoms with Gasteiger partial charge in [0, 0.05) is 22.8 Å². The molecular weight excluding hydrogens is 312 g/mol. The van der Waals surface area contributed by atoms with Crippen LogP contribution in [0.4, 0.5) is 10.5 Å². The van der Waals surface area contributed by atoms with Gasteiger partial charge in [-0.15, -0.1) is 0 Å². The van der Waals surface area contributed by atoms with Crippen LogP contribution < -0.4 is 5.32 Å². The number of hydrogen-bond acceptors (Lipinski definition) is 3. The molecule has 5 nitrogen and oxygen atoms in total. The molecular formula is C14H17ClN2O3S. The molecule has 0 radical (unpaired) electrons. The van der Waals surface area contributed by atoms with Crippen LogP contribution in [0.15, 0.2) is 24.3 Å². The summed E-state index contributed by atoms with van der Waals surface area (Å²) in [4.78, 5) is 14.2. The molecule has 7 heteroatoms. The molecule has 1 heterocycles. The second-order valence-electron chi connectivity index (χ2n) is 5.63. The molecule has 1 aromatic carbocycles. The lowest BCUT2D eigenvalue weighted by molar-refractivity contribution is 0.190. The van der Waals surface area contributed by atoms with Crippen LogP contribution in [0.3, 0.4) is 0 Å². The van der Waals surface area contributed by atoms with Gasteiger partial charge >= 0.3 is 6.03 Å². The topological polar surface area (TPSA) is 66.5 Å². The Kier molecular flexibility index (Phi) is 3.84. The molecule has 1 aromatic rings. The Bertz CT molecular complexity index is 641. The van der Waals surface area contributed by atoms with Crippen molar-refractivity contribution >= 4 is 33.2 Å². The van der Waals surface area contributed by atoms with Gasteiger partial charge in [0.25, 0.3) is 0 Å². The number of nitrogens with one attached hydrogen (secondary N) is 1. The lowest BCUT2D eigenvalue weighted by Gasteiger charge is -2.28. The van der Waals surface area contributed by atoms with E-state index in [-0.39, 0.29) is 29.6 Å². The Hall–Kier alpha value is -1.27. The van der Waals surface area contributed by atoms with Gasteiger partial charge in [-0.05, 0) is 43.5 Å². The molecule has 21 heavy (non-hydrogen) atoms. The fourth-order valence-corrected chi connectivity index (χ4v) is 4.54. The lowest BCUT2D eigenvalue weighted by atomic mass is 10.2. The summed E-state index contributed by atoms with van der Waals surface area (Å²) in [5.41, 5.74) is 0.663. The fraction of sp³-hybridized carbons (Fsp3) is 0.500. The molecule has 0 bridgehead atoms. The molecule has 1 aliphatic carbocycles. The smallest absolute Gasteiger partial charge is 0.318 e. The fourth-order valence-electron chi connectivity index (χ4n) is 2.70. The summed E-state index contributed by atoms with van der Waals surface area (Å²) in [7, 11) is -3.00. The largest absolute Gasteiger partial charge is 0.322 e. The van der Waals surface area contributed by atoms with Crippen LogP contribution in [-0.4, -0.2) is 42.9 Å². The van der Waals surface area contributed by atoms with Gasteiger partial charge in [-0.1, -0.05) is 11.6 Å².